The Labute approximate surface area is 115 Å². The van der Waals surface area contributed by atoms with Crippen LogP contribution in [0, 0.1) is 0 Å². The Morgan fingerprint density at radius 2 is 2.00 bits per heavy atom. The lowest BCUT2D eigenvalue weighted by molar-refractivity contribution is 0.0973. The molecule has 4 heteroatoms. The first-order valence-electron chi connectivity index (χ1n) is 7.05. The van der Waals surface area contributed by atoms with Crippen LogP contribution < -0.4 is 11.1 Å². The van der Waals surface area contributed by atoms with Gasteiger partial charge in [-0.3, -0.25) is 4.79 Å². The molecule has 0 amide bonds. The molecule has 0 spiro atoms. The Morgan fingerprint density at radius 1 is 1.26 bits per heavy atom. The summed E-state index contributed by atoms with van der Waals surface area (Å²) in [5.74, 6) is 0.219. The molecule has 0 radical (unpaired) electrons. The SMILES string of the molecule is NCc1ccccc1C(=O)CCCN1CCNCC1. The lowest BCUT2D eigenvalue weighted by Gasteiger charge is -2.26. The predicted molar refractivity (Wildman–Crippen MR) is 77.2 cm³/mol. The van der Waals surface area contributed by atoms with E-state index in [2.05, 4.69) is 10.2 Å². The van der Waals surface area contributed by atoms with Crippen molar-refractivity contribution in [3.05, 3.63) is 35.4 Å². The van der Waals surface area contributed by atoms with Gasteiger partial charge in [-0.2, -0.15) is 0 Å². The molecule has 0 atom stereocenters. The number of benzene rings is 1. The third-order valence-electron chi connectivity index (χ3n) is 3.63. The molecule has 1 aromatic carbocycles. The quantitative estimate of drug-likeness (QED) is 0.751. The first-order chi connectivity index (χ1) is 9.31. The van der Waals surface area contributed by atoms with Gasteiger partial charge in [0.05, 0.1) is 0 Å². The number of piperazine rings is 1. The fourth-order valence-corrected chi connectivity index (χ4v) is 2.50. The Balaban J connectivity index is 1.80. The number of nitrogens with one attached hydrogen (secondary N) is 1. The van der Waals surface area contributed by atoms with Gasteiger partial charge < -0.3 is 16.0 Å². The largest absolute Gasteiger partial charge is 0.326 e. The number of carbonyl (C=O) groups is 1. The normalized spacial score (nSPS) is 16.5. The minimum atomic E-state index is 0.219. The summed E-state index contributed by atoms with van der Waals surface area (Å²) < 4.78 is 0. The number of nitrogens with zero attached hydrogens (tertiary/aromatic N) is 1. The standard InChI is InChI=1S/C15H23N3O/c16-12-13-4-1-2-5-14(13)15(19)6-3-9-18-10-7-17-8-11-18/h1-2,4-5,17H,3,6-12,16H2. The first kappa shape index (κ1) is 14.2. The van der Waals surface area contributed by atoms with Gasteiger partial charge >= 0.3 is 0 Å². The maximum absolute atomic E-state index is 12.2. The first-order valence-corrected chi connectivity index (χ1v) is 7.05. The van der Waals surface area contributed by atoms with Crippen molar-refractivity contribution in [2.75, 3.05) is 32.7 Å². The summed E-state index contributed by atoms with van der Waals surface area (Å²) in [4.78, 5) is 14.6. The number of carbonyl (C=O) groups excluding carboxylic acids is 1. The van der Waals surface area contributed by atoms with E-state index in [-0.39, 0.29) is 5.78 Å². The zero-order chi connectivity index (χ0) is 13.5. The van der Waals surface area contributed by atoms with Crippen molar-refractivity contribution in [2.24, 2.45) is 5.73 Å². The van der Waals surface area contributed by atoms with Gasteiger partial charge in [-0.05, 0) is 18.5 Å². The number of hydrogen-bond donors (Lipinski definition) is 2. The third kappa shape index (κ3) is 4.13. The minimum Gasteiger partial charge on any atom is -0.326 e. The topological polar surface area (TPSA) is 58.4 Å². The molecule has 19 heavy (non-hydrogen) atoms. The monoisotopic (exact) mass is 261 g/mol. The average molecular weight is 261 g/mol. The Bertz CT molecular complexity index is 414. The Morgan fingerprint density at radius 3 is 2.74 bits per heavy atom. The molecule has 1 heterocycles. The van der Waals surface area contributed by atoms with Crippen LogP contribution in [0.1, 0.15) is 28.8 Å². The molecular formula is C15H23N3O. The molecule has 104 valence electrons. The Kier molecular flexibility index (Phi) is 5.51. The van der Waals surface area contributed by atoms with E-state index in [0.717, 1.165) is 50.3 Å². The van der Waals surface area contributed by atoms with E-state index in [4.69, 9.17) is 5.73 Å². The molecule has 4 nitrogen and oxygen atoms in total. The summed E-state index contributed by atoms with van der Waals surface area (Å²) in [5, 5.41) is 3.33. The fraction of sp³-hybridized carbons (Fsp3) is 0.533. The van der Waals surface area contributed by atoms with Gasteiger partial charge in [0.25, 0.3) is 0 Å². The van der Waals surface area contributed by atoms with Gasteiger partial charge in [0, 0.05) is 44.7 Å². The van der Waals surface area contributed by atoms with Crippen molar-refractivity contribution < 1.29 is 4.79 Å². The highest BCUT2D eigenvalue weighted by Gasteiger charge is 2.12. The highest BCUT2D eigenvalue weighted by Crippen LogP contribution is 2.12. The van der Waals surface area contributed by atoms with E-state index in [0.29, 0.717) is 13.0 Å². The van der Waals surface area contributed by atoms with Crippen LogP contribution >= 0.6 is 0 Å². The number of Topliss-reactive ketones (excluding diaryl/α,β-unsaturated/α-hetero) is 1. The lowest BCUT2D eigenvalue weighted by Crippen LogP contribution is -2.43. The van der Waals surface area contributed by atoms with E-state index >= 15 is 0 Å². The van der Waals surface area contributed by atoms with Crippen LogP contribution in [0.5, 0.6) is 0 Å². The highest BCUT2D eigenvalue weighted by atomic mass is 16.1. The molecule has 2 rings (SSSR count). The smallest absolute Gasteiger partial charge is 0.163 e. The summed E-state index contributed by atoms with van der Waals surface area (Å²) in [6.07, 6.45) is 1.54. The maximum atomic E-state index is 12.2. The van der Waals surface area contributed by atoms with E-state index < -0.39 is 0 Å². The van der Waals surface area contributed by atoms with Crippen molar-refractivity contribution >= 4 is 5.78 Å². The van der Waals surface area contributed by atoms with Crippen molar-refractivity contribution in [3.63, 3.8) is 0 Å². The number of rotatable bonds is 6. The number of hydrogen-bond acceptors (Lipinski definition) is 4. The molecule has 1 fully saturated rings. The van der Waals surface area contributed by atoms with Gasteiger partial charge in [0.2, 0.25) is 0 Å². The summed E-state index contributed by atoms with van der Waals surface area (Å²) in [6.45, 7) is 5.74. The molecule has 0 unspecified atom stereocenters. The predicted octanol–water partition coefficient (Wildman–Crippen LogP) is 1.01. The van der Waals surface area contributed by atoms with Gasteiger partial charge in [0.1, 0.15) is 0 Å². The van der Waals surface area contributed by atoms with Crippen molar-refractivity contribution in [1.82, 2.24) is 10.2 Å². The van der Waals surface area contributed by atoms with Gasteiger partial charge in [-0.1, -0.05) is 24.3 Å². The van der Waals surface area contributed by atoms with Gasteiger partial charge in [-0.15, -0.1) is 0 Å². The van der Waals surface area contributed by atoms with E-state index in [9.17, 15) is 4.79 Å². The zero-order valence-corrected chi connectivity index (χ0v) is 11.4. The van der Waals surface area contributed by atoms with Crippen LogP contribution in [0.3, 0.4) is 0 Å². The van der Waals surface area contributed by atoms with Crippen LogP contribution in [0.25, 0.3) is 0 Å². The average Bonchev–Trinajstić information content (AvgIpc) is 2.48. The van der Waals surface area contributed by atoms with Crippen LogP contribution in [0.15, 0.2) is 24.3 Å². The van der Waals surface area contributed by atoms with E-state index in [1.165, 1.54) is 0 Å². The molecule has 1 aliphatic heterocycles. The number of nitrogens with two attached hydrogens (primary N) is 1. The van der Waals surface area contributed by atoms with Crippen LogP contribution in [0.4, 0.5) is 0 Å². The van der Waals surface area contributed by atoms with Crippen LogP contribution in [-0.2, 0) is 6.54 Å². The summed E-state index contributed by atoms with van der Waals surface area (Å²) in [7, 11) is 0. The second-order valence-corrected chi connectivity index (χ2v) is 4.98. The van der Waals surface area contributed by atoms with Crippen LogP contribution in [0.2, 0.25) is 0 Å². The molecule has 0 bridgehead atoms. The van der Waals surface area contributed by atoms with Gasteiger partial charge in [0.15, 0.2) is 5.78 Å². The summed E-state index contributed by atoms with van der Waals surface area (Å²) in [5.41, 5.74) is 7.42. The molecule has 0 aromatic heterocycles. The minimum absolute atomic E-state index is 0.219. The summed E-state index contributed by atoms with van der Waals surface area (Å²) in [6, 6.07) is 7.65. The maximum Gasteiger partial charge on any atom is 0.163 e. The lowest BCUT2D eigenvalue weighted by atomic mass is 10.0. The number of ketones is 1. The van der Waals surface area contributed by atoms with Crippen molar-refractivity contribution in [1.29, 1.82) is 0 Å². The zero-order valence-electron chi connectivity index (χ0n) is 11.4. The molecule has 1 saturated heterocycles. The van der Waals surface area contributed by atoms with Crippen molar-refractivity contribution in [2.45, 2.75) is 19.4 Å². The van der Waals surface area contributed by atoms with Gasteiger partial charge in [-0.25, -0.2) is 0 Å². The molecule has 0 aliphatic carbocycles. The molecule has 0 saturated carbocycles. The fourth-order valence-electron chi connectivity index (χ4n) is 2.50. The Hall–Kier alpha value is -1.23. The van der Waals surface area contributed by atoms with Crippen molar-refractivity contribution in [3.8, 4) is 0 Å². The second kappa shape index (κ2) is 7.38. The second-order valence-electron chi connectivity index (χ2n) is 4.98. The van der Waals surface area contributed by atoms with E-state index in [1.807, 2.05) is 24.3 Å². The molecule has 1 aliphatic rings. The molecule has 1 aromatic rings. The third-order valence-corrected chi connectivity index (χ3v) is 3.63. The summed E-state index contributed by atoms with van der Waals surface area (Å²) >= 11 is 0. The highest BCUT2D eigenvalue weighted by molar-refractivity contribution is 5.97. The van der Waals surface area contributed by atoms with E-state index in [1.54, 1.807) is 0 Å². The molecular weight excluding hydrogens is 238 g/mol. The van der Waals surface area contributed by atoms with Crippen LogP contribution in [-0.4, -0.2) is 43.4 Å². The molecule has 3 N–H and O–H groups in total.